The third-order valence-electron chi connectivity index (χ3n) is 1.94. The van der Waals surface area contributed by atoms with Crippen molar-refractivity contribution in [1.82, 2.24) is 15.2 Å². The molecule has 0 radical (unpaired) electrons. The molecule has 0 saturated heterocycles. The van der Waals surface area contributed by atoms with Crippen molar-refractivity contribution in [3.63, 3.8) is 0 Å². The summed E-state index contributed by atoms with van der Waals surface area (Å²) in [7, 11) is -1.19. The van der Waals surface area contributed by atoms with Gasteiger partial charge in [0.2, 0.25) is 5.16 Å². The average Bonchev–Trinajstić information content (AvgIpc) is 2.30. The molecule has 1 aromatic heterocycles. The highest BCUT2D eigenvalue weighted by Gasteiger charge is 2.04. The van der Waals surface area contributed by atoms with Crippen molar-refractivity contribution in [3.8, 4) is 11.3 Å². The highest BCUT2D eigenvalue weighted by Crippen LogP contribution is 2.18. The quantitative estimate of drug-likeness (QED) is 0.851. The van der Waals surface area contributed by atoms with Gasteiger partial charge in [-0.1, -0.05) is 28.1 Å². The molecule has 6 heteroatoms. The molecule has 0 aliphatic carbocycles. The lowest BCUT2D eigenvalue weighted by molar-refractivity contribution is 0.675. The third-order valence-corrected chi connectivity index (χ3v) is 3.17. The van der Waals surface area contributed by atoms with Crippen LogP contribution < -0.4 is 0 Å². The van der Waals surface area contributed by atoms with Gasteiger partial charge >= 0.3 is 0 Å². The zero-order valence-corrected chi connectivity index (χ0v) is 10.8. The number of benzene rings is 1. The fraction of sp³-hybridized carbons (Fsp3) is 0.100. The van der Waals surface area contributed by atoms with Crippen LogP contribution in [0.4, 0.5) is 0 Å². The van der Waals surface area contributed by atoms with E-state index in [9.17, 15) is 4.21 Å². The van der Waals surface area contributed by atoms with Crippen LogP contribution in [0.3, 0.4) is 0 Å². The topological polar surface area (TPSA) is 55.7 Å². The predicted molar refractivity (Wildman–Crippen MR) is 65.3 cm³/mol. The second kappa shape index (κ2) is 4.80. The van der Waals surface area contributed by atoms with Gasteiger partial charge in [-0.3, -0.25) is 4.21 Å². The molecule has 0 aliphatic rings. The van der Waals surface area contributed by atoms with E-state index in [4.69, 9.17) is 0 Å². The second-order valence-corrected chi connectivity index (χ2v) is 5.28. The van der Waals surface area contributed by atoms with Gasteiger partial charge in [-0.25, -0.2) is 4.98 Å². The summed E-state index contributed by atoms with van der Waals surface area (Å²) < 4.78 is 12.1. The number of hydrogen-bond acceptors (Lipinski definition) is 4. The Labute approximate surface area is 104 Å². The van der Waals surface area contributed by atoms with Gasteiger partial charge in [-0.15, -0.1) is 10.2 Å². The standard InChI is InChI=1S/C10H8BrN3OS/c1-16(15)10-12-6-9(13-14-10)7-2-4-8(11)5-3-7/h2-6H,1H3. The van der Waals surface area contributed by atoms with E-state index in [0.29, 0.717) is 5.69 Å². The van der Waals surface area contributed by atoms with Gasteiger partial charge in [0.15, 0.2) is 0 Å². The summed E-state index contributed by atoms with van der Waals surface area (Å²) in [6.45, 7) is 0. The predicted octanol–water partition coefficient (Wildman–Crippen LogP) is 2.04. The van der Waals surface area contributed by atoms with Gasteiger partial charge in [0, 0.05) is 16.3 Å². The summed E-state index contributed by atoms with van der Waals surface area (Å²) in [4.78, 5) is 3.99. The third kappa shape index (κ3) is 2.51. The largest absolute Gasteiger partial charge is 0.251 e. The average molecular weight is 298 g/mol. The minimum absolute atomic E-state index is 0.251. The molecular weight excluding hydrogens is 290 g/mol. The van der Waals surface area contributed by atoms with Gasteiger partial charge in [0.05, 0.1) is 17.0 Å². The summed E-state index contributed by atoms with van der Waals surface area (Å²) in [5.74, 6) is 0. The van der Waals surface area contributed by atoms with Crippen LogP contribution in [0.25, 0.3) is 11.3 Å². The first kappa shape index (κ1) is 11.3. The van der Waals surface area contributed by atoms with E-state index in [-0.39, 0.29) is 5.16 Å². The lowest BCUT2D eigenvalue weighted by atomic mass is 10.2. The fourth-order valence-electron chi connectivity index (χ4n) is 1.15. The lowest BCUT2D eigenvalue weighted by Crippen LogP contribution is -1.99. The van der Waals surface area contributed by atoms with Crippen LogP contribution in [-0.4, -0.2) is 25.6 Å². The number of rotatable bonds is 2. The van der Waals surface area contributed by atoms with Crippen molar-refractivity contribution < 1.29 is 4.21 Å². The lowest BCUT2D eigenvalue weighted by Gasteiger charge is -1.99. The molecule has 0 N–H and O–H groups in total. The van der Waals surface area contributed by atoms with Crippen LogP contribution in [0.1, 0.15) is 0 Å². The molecule has 0 amide bonds. The van der Waals surface area contributed by atoms with E-state index < -0.39 is 10.8 Å². The van der Waals surface area contributed by atoms with Crippen molar-refractivity contribution in [2.45, 2.75) is 5.16 Å². The maximum Gasteiger partial charge on any atom is 0.239 e. The molecule has 0 spiro atoms. The van der Waals surface area contributed by atoms with E-state index in [0.717, 1.165) is 10.0 Å². The maximum absolute atomic E-state index is 11.1. The highest BCUT2D eigenvalue weighted by molar-refractivity contribution is 9.10. The van der Waals surface area contributed by atoms with Crippen molar-refractivity contribution in [1.29, 1.82) is 0 Å². The Morgan fingerprint density at radius 3 is 2.38 bits per heavy atom. The number of nitrogens with zero attached hydrogens (tertiary/aromatic N) is 3. The Bertz CT molecular complexity index is 513. The molecule has 0 aliphatic heterocycles. The van der Waals surface area contributed by atoms with E-state index in [1.54, 1.807) is 6.20 Å². The molecule has 0 fully saturated rings. The molecule has 16 heavy (non-hydrogen) atoms. The molecule has 0 bridgehead atoms. The molecule has 1 aromatic carbocycles. The van der Waals surface area contributed by atoms with Gasteiger partial charge in [0.1, 0.15) is 5.69 Å². The van der Waals surface area contributed by atoms with Crippen LogP contribution in [0.15, 0.2) is 40.1 Å². The number of aromatic nitrogens is 3. The summed E-state index contributed by atoms with van der Waals surface area (Å²) in [5.41, 5.74) is 1.60. The molecule has 1 heterocycles. The molecule has 1 atom stereocenters. The highest BCUT2D eigenvalue weighted by atomic mass is 79.9. The zero-order chi connectivity index (χ0) is 11.5. The summed E-state index contributed by atoms with van der Waals surface area (Å²) in [6, 6.07) is 7.67. The number of hydrogen-bond donors (Lipinski definition) is 0. The zero-order valence-electron chi connectivity index (χ0n) is 8.42. The molecule has 2 rings (SSSR count). The van der Waals surface area contributed by atoms with E-state index in [2.05, 4.69) is 31.1 Å². The molecule has 2 aromatic rings. The molecule has 1 unspecified atom stereocenters. The van der Waals surface area contributed by atoms with Gasteiger partial charge in [0.25, 0.3) is 0 Å². The molecule has 0 saturated carbocycles. The fourth-order valence-corrected chi connectivity index (χ4v) is 1.77. The van der Waals surface area contributed by atoms with Crippen LogP contribution >= 0.6 is 15.9 Å². The first-order valence-corrected chi connectivity index (χ1v) is 6.81. The van der Waals surface area contributed by atoms with Crippen LogP contribution in [-0.2, 0) is 10.8 Å². The van der Waals surface area contributed by atoms with Gasteiger partial charge in [-0.05, 0) is 12.1 Å². The van der Waals surface area contributed by atoms with Gasteiger partial charge < -0.3 is 0 Å². The first-order valence-electron chi connectivity index (χ1n) is 4.46. The number of halogens is 1. The van der Waals surface area contributed by atoms with Crippen molar-refractivity contribution in [2.75, 3.05) is 6.26 Å². The summed E-state index contributed by atoms with van der Waals surface area (Å²) in [6.07, 6.45) is 3.10. The minimum Gasteiger partial charge on any atom is -0.251 e. The molecular formula is C10H8BrN3OS. The normalized spacial score (nSPS) is 12.4. The second-order valence-electron chi connectivity index (χ2n) is 3.09. The van der Waals surface area contributed by atoms with Crippen molar-refractivity contribution in [3.05, 3.63) is 34.9 Å². The van der Waals surface area contributed by atoms with Crippen LogP contribution in [0, 0.1) is 0 Å². The van der Waals surface area contributed by atoms with Crippen LogP contribution in [0.2, 0.25) is 0 Å². The Balaban J connectivity index is 2.34. The van der Waals surface area contributed by atoms with E-state index in [1.165, 1.54) is 6.26 Å². The van der Waals surface area contributed by atoms with Crippen molar-refractivity contribution in [2.24, 2.45) is 0 Å². The van der Waals surface area contributed by atoms with E-state index >= 15 is 0 Å². The minimum atomic E-state index is -1.19. The van der Waals surface area contributed by atoms with Crippen LogP contribution in [0.5, 0.6) is 0 Å². The Hall–Kier alpha value is -1.14. The Morgan fingerprint density at radius 2 is 1.88 bits per heavy atom. The van der Waals surface area contributed by atoms with Crippen molar-refractivity contribution >= 4 is 26.7 Å². The summed E-state index contributed by atoms with van der Waals surface area (Å²) in [5, 5.41) is 8.03. The Morgan fingerprint density at radius 1 is 1.19 bits per heavy atom. The maximum atomic E-state index is 11.1. The summed E-state index contributed by atoms with van der Waals surface area (Å²) >= 11 is 3.36. The molecule has 82 valence electrons. The SMILES string of the molecule is CS(=O)c1ncc(-c2ccc(Br)cc2)nn1. The molecule has 4 nitrogen and oxygen atoms in total. The first-order chi connectivity index (χ1) is 7.66. The Kier molecular flexibility index (Phi) is 3.40. The van der Waals surface area contributed by atoms with Gasteiger partial charge in [-0.2, -0.15) is 0 Å². The monoisotopic (exact) mass is 297 g/mol. The van der Waals surface area contributed by atoms with E-state index in [1.807, 2.05) is 24.3 Å². The smallest absolute Gasteiger partial charge is 0.239 e.